The van der Waals surface area contributed by atoms with Crippen molar-refractivity contribution in [2.24, 2.45) is 0 Å². The maximum absolute atomic E-state index is 12.7. The minimum Gasteiger partial charge on any atom is -0.397 e. The summed E-state index contributed by atoms with van der Waals surface area (Å²) < 4.78 is 0. The third-order valence-electron chi connectivity index (χ3n) is 3.77. The van der Waals surface area contributed by atoms with Gasteiger partial charge in [0.1, 0.15) is 9.71 Å². The molecule has 130 valence electrons. The summed E-state index contributed by atoms with van der Waals surface area (Å²) >= 11 is 15.0. The fourth-order valence-electron chi connectivity index (χ4n) is 2.51. The normalized spacial score (nSPS) is 11.0. The zero-order valence-electron chi connectivity index (χ0n) is 13.1. The molecule has 8 heteroatoms. The van der Waals surface area contributed by atoms with Gasteiger partial charge in [0.15, 0.2) is 0 Å². The number of aromatic nitrogens is 1. The van der Waals surface area contributed by atoms with Gasteiger partial charge in [-0.1, -0.05) is 35.3 Å². The van der Waals surface area contributed by atoms with E-state index in [0.717, 1.165) is 20.8 Å². The zero-order valence-corrected chi connectivity index (χ0v) is 16.3. The molecule has 4 rings (SSSR count). The van der Waals surface area contributed by atoms with Gasteiger partial charge in [-0.25, -0.2) is 4.98 Å². The van der Waals surface area contributed by atoms with Crippen LogP contribution >= 0.6 is 45.9 Å². The summed E-state index contributed by atoms with van der Waals surface area (Å²) in [6.45, 7) is 0. The van der Waals surface area contributed by atoms with Crippen LogP contribution in [0.3, 0.4) is 0 Å². The van der Waals surface area contributed by atoms with Gasteiger partial charge in [-0.2, -0.15) is 0 Å². The molecule has 0 unspecified atom stereocenters. The first-order chi connectivity index (χ1) is 12.5. The highest BCUT2D eigenvalue weighted by Crippen LogP contribution is 2.36. The summed E-state index contributed by atoms with van der Waals surface area (Å²) in [4.78, 5) is 19.5. The number of pyridine rings is 1. The Bertz CT molecular complexity index is 1120. The Morgan fingerprint density at radius 3 is 2.73 bits per heavy atom. The van der Waals surface area contributed by atoms with Crippen LogP contribution in [-0.2, 0) is 0 Å². The number of carbonyl (C=O) groups is 1. The largest absolute Gasteiger partial charge is 0.397 e. The number of nitrogen functional groups attached to an aromatic ring is 1. The average Bonchev–Trinajstić information content (AvgIpc) is 3.27. The highest BCUT2D eigenvalue weighted by Gasteiger charge is 2.19. The molecule has 0 radical (unpaired) electrons. The lowest BCUT2D eigenvalue weighted by Gasteiger charge is -2.07. The van der Waals surface area contributed by atoms with Crippen molar-refractivity contribution in [3.05, 3.63) is 62.8 Å². The minimum absolute atomic E-state index is 0.292. The van der Waals surface area contributed by atoms with Crippen LogP contribution in [0.25, 0.3) is 20.8 Å². The van der Waals surface area contributed by atoms with E-state index in [4.69, 9.17) is 28.9 Å². The molecule has 0 atom stereocenters. The Kier molecular flexibility index (Phi) is 4.58. The van der Waals surface area contributed by atoms with Gasteiger partial charge in [-0.15, -0.1) is 22.7 Å². The van der Waals surface area contributed by atoms with Crippen molar-refractivity contribution in [2.75, 3.05) is 11.1 Å². The first-order valence-corrected chi connectivity index (χ1v) is 9.98. The molecule has 3 heterocycles. The number of nitrogens with two attached hydrogens (primary N) is 1. The fourth-order valence-corrected chi connectivity index (χ4v) is 4.54. The van der Waals surface area contributed by atoms with Gasteiger partial charge in [0, 0.05) is 5.39 Å². The van der Waals surface area contributed by atoms with Crippen LogP contribution in [0.1, 0.15) is 9.67 Å². The second kappa shape index (κ2) is 6.89. The molecule has 3 aromatic heterocycles. The van der Waals surface area contributed by atoms with Gasteiger partial charge >= 0.3 is 0 Å². The van der Waals surface area contributed by atoms with Crippen LogP contribution in [-0.4, -0.2) is 10.9 Å². The number of amides is 1. The fraction of sp³-hybridized carbons (Fsp3) is 0. The Morgan fingerprint density at radius 2 is 1.96 bits per heavy atom. The molecule has 4 nitrogen and oxygen atoms in total. The molecule has 1 aromatic carbocycles. The predicted molar refractivity (Wildman–Crippen MR) is 112 cm³/mol. The van der Waals surface area contributed by atoms with E-state index in [9.17, 15) is 4.79 Å². The van der Waals surface area contributed by atoms with Crippen LogP contribution in [0.4, 0.5) is 11.4 Å². The van der Waals surface area contributed by atoms with Crippen LogP contribution in [0.2, 0.25) is 10.0 Å². The molecule has 0 aliphatic rings. The summed E-state index contributed by atoms with van der Waals surface area (Å²) in [6, 6.07) is 12.8. The van der Waals surface area contributed by atoms with Crippen LogP contribution < -0.4 is 11.1 Å². The molecule has 0 spiro atoms. The zero-order chi connectivity index (χ0) is 18.3. The number of halogens is 2. The first-order valence-electron chi connectivity index (χ1n) is 7.53. The number of nitrogens with zero attached hydrogens (tertiary/aromatic N) is 1. The van der Waals surface area contributed by atoms with Crippen LogP contribution in [0.15, 0.2) is 47.8 Å². The second-order valence-corrected chi connectivity index (χ2v) is 8.16. The van der Waals surface area contributed by atoms with Crippen molar-refractivity contribution in [2.45, 2.75) is 0 Å². The van der Waals surface area contributed by atoms with Crippen molar-refractivity contribution in [1.82, 2.24) is 4.98 Å². The van der Waals surface area contributed by atoms with Crippen molar-refractivity contribution < 1.29 is 4.79 Å². The summed E-state index contributed by atoms with van der Waals surface area (Å²) in [5.74, 6) is -0.340. The molecule has 4 aromatic rings. The van der Waals surface area contributed by atoms with Crippen molar-refractivity contribution in [3.8, 4) is 10.6 Å². The molecule has 1 amide bonds. The molecular formula is C18H11Cl2N3OS2. The van der Waals surface area contributed by atoms with Crippen LogP contribution in [0, 0.1) is 0 Å². The van der Waals surface area contributed by atoms with E-state index < -0.39 is 0 Å². The van der Waals surface area contributed by atoms with E-state index in [0.29, 0.717) is 26.3 Å². The van der Waals surface area contributed by atoms with E-state index in [2.05, 4.69) is 10.3 Å². The highest BCUT2D eigenvalue weighted by atomic mass is 35.5. The van der Waals surface area contributed by atoms with Crippen molar-refractivity contribution >= 4 is 73.4 Å². The average molecular weight is 420 g/mol. The smallest absolute Gasteiger partial charge is 0.267 e. The monoisotopic (exact) mass is 419 g/mol. The molecule has 0 aliphatic heterocycles. The SMILES string of the molecule is Nc1c(C(=O)Nc2cccc(Cl)c2Cl)sc2nc(-c3cccs3)ccc12. The number of rotatable bonds is 3. The van der Waals surface area contributed by atoms with Gasteiger partial charge < -0.3 is 11.1 Å². The Morgan fingerprint density at radius 1 is 1.12 bits per heavy atom. The number of hydrogen-bond acceptors (Lipinski definition) is 5. The molecule has 0 aliphatic carbocycles. The molecule has 0 saturated carbocycles. The Labute approximate surface area is 167 Å². The van der Waals surface area contributed by atoms with E-state index in [1.54, 1.807) is 29.5 Å². The summed E-state index contributed by atoms with van der Waals surface area (Å²) in [5.41, 5.74) is 7.89. The highest BCUT2D eigenvalue weighted by molar-refractivity contribution is 7.21. The maximum atomic E-state index is 12.7. The lowest BCUT2D eigenvalue weighted by molar-refractivity contribution is 0.103. The second-order valence-electron chi connectivity index (χ2n) is 5.43. The number of hydrogen-bond donors (Lipinski definition) is 2. The number of thiophene rings is 2. The van der Waals surface area contributed by atoms with E-state index in [-0.39, 0.29) is 5.91 Å². The van der Waals surface area contributed by atoms with Gasteiger partial charge in [-0.3, -0.25) is 4.79 Å². The van der Waals surface area contributed by atoms with E-state index in [1.807, 2.05) is 29.6 Å². The van der Waals surface area contributed by atoms with E-state index >= 15 is 0 Å². The lowest BCUT2D eigenvalue weighted by Crippen LogP contribution is -2.12. The first kappa shape index (κ1) is 17.3. The maximum Gasteiger partial charge on any atom is 0.267 e. The van der Waals surface area contributed by atoms with Crippen molar-refractivity contribution in [3.63, 3.8) is 0 Å². The minimum atomic E-state index is -0.340. The van der Waals surface area contributed by atoms with Crippen LogP contribution in [0.5, 0.6) is 0 Å². The van der Waals surface area contributed by atoms with E-state index in [1.165, 1.54) is 11.3 Å². The van der Waals surface area contributed by atoms with Crippen molar-refractivity contribution in [1.29, 1.82) is 0 Å². The number of benzene rings is 1. The summed E-state index contributed by atoms with van der Waals surface area (Å²) in [7, 11) is 0. The number of fused-ring (bicyclic) bond motifs is 1. The summed E-state index contributed by atoms with van der Waals surface area (Å²) in [6.07, 6.45) is 0. The quantitative estimate of drug-likeness (QED) is 0.417. The number of carbonyl (C=O) groups excluding carboxylic acids is 1. The predicted octanol–water partition coefficient (Wildman–Crippen LogP) is 6.17. The Hall–Kier alpha value is -2.12. The summed E-state index contributed by atoms with van der Waals surface area (Å²) in [5, 5.41) is 6.18. The van der Waals surface area contributed by atoms with Gasteiger partial charge in [0.2, 0.25) is 0 Å². The number of anilines is 2. The molecular weight excluding hydrogens is 409 g/mol. The third-order valence-corrected chi connectivity index (χ3v) is 6.60. The van der Waals surface area contributed by atoms with Gasteiger partial charge in [0.25, 0.3) is 5.91 Å². The molecule has 0 fully saturated rings. The molecule has 26 heavy (non-hydrogen) atoms. The topological polar surface area (TPSA) is 68.0 Å². The molecule has 3 N–H and O–H groups in total. The third kappa shape index (κ3) is 3.05. The van der Waals surface area contributed by atoms with Gasteiger partial charge in [0.05, 0.1) is 32.0 Å². The lowest BCUT2D eigenvalue weighted by atomic mass is 10.2. The van der Waals surface area contributed by atoms with Gasteiger partial charge in [-0.05, 0) is 35.7 Å². The molecule has 0 bridgehead atoms. The molecule has 0 saturated heterocycles. The number of nitrogens with one attached hydrogen (secondary N) is 1. The Balaban J connectivity index is 1.71. The standard InChI is InChI=1S/C18H11Cl2N3OS2/c19-10-3-1-4-12(14(10)20)22-17(24)16-15(21)9-6-7-11(23-18(9)26-16)13-5-2-8-25-13/h1-8H,21H2,(H,22,24).